The van der Waals surface area contributed by atoms with Gasteiger partial charge in [0.2, 0.25) is 5.91 Å². The van der Waals surface area contributed by atoms with Gasteiger partial charge in [-0.05, 0) is 60.4 Å². The molecule has 0 heterocycles. The van der Waals surface area contributed by atoms with Crippen LogP contribution < -0.4 is 10.1 Å². The predicted molar refractivity (Wildman–Crippen MR) is 120 cm³/mol. The highest BCUT2D eigenvalue weighted by molar-refractivity contribution is 7.98. The molecule has 0 fully saturated rings. The summed E-state index contributed by atoms with van der Waals surface area (Å²) in [5, 5.41) is 2.68. The monoisotopic (exact) mass is 420 g/mol. The van der Waals surface area contributed by atoms with Crippen molar-refractivity contribution in [1.29, 1.82) is 0 Å². The highest BCUT2D eigenvalue weighted by Crippen LogP contribution is 2.21. The van der Waals surface area contributed by atoms with Gasteiger partial charge in [0.15, 0.2) is 0 Å². The predicted octanol–water partition coefficient (Wildman–Crippen LogP) is 4.59. The van der Waals surface area contributed by atoms with Gasteiger partial charge in [0.05, 0.1) is 6.54 Å². The maximum Gasteiger partial charge on any atom is 0.251 e. The van der Waals surface area contributed by atoms with Crippen LogP contribution in [0.4, 0.5) is 0 Å². The Hall–Kier alpha value is -3.25. The van der Waals surface area contributed by atoms with E-state index < -0.39 is 0 Å². The molecule has 0 aromatic heterocycles. The fourth-order valence-electron chi connectivity index (χ4n) is 2.78. The van der Waals surface area contributed by atoms with Crippen molar-refractivity contribution in [3.8, 4) is 11.5 Å². The molecule has 5 nitrogen and oxygen atoms in total. The number of amides is 2. The second-order valence-electron chi connectivity index (χ2n) is 6.72. The zero-order chi connectivity index (χ0) is 21.3. The fraction of sp³-hybridized carbons (Fsp3) is 0.167. The number of benzene rings is 3. The Morgan fingerprint density at radius 3 is 2.17 bits per heavy atom. The Balaban J connectivity index is 1.48. The van der Waals surface area contributed by atoms with Crippen LogP contribution in [0.5, 0.6) is 11.5 Å². The number of nitrogens with one attached hydrogen (secondary N) is 1. The van der Waals surface area contributed by atoms with Crippen molar-refractivity contribution in [1.82, 2.24) is 10.2 Å². The third-order valence-corrected chi connectivity index (χ3v) is 5.24. The van der Waals surface area contributed by atoms with Crippen molar-refractivity contribution in [3.05, 3.63) is 90.0 Å². The minimum Gasteiger partial charge on any atom is -0.457 e. The van der Waals surface area contributed by atoms with Gasteiger partial charge in [-0.15, -0.1) is 11.8 Å². The number of carbonyl (C=O) groups is 2. The number of hydrogen-bond donors (Lipinski definition) is 1. The molecule has 30 heavy (non-hydrogen) atoms. The second-order valence-corrected chi connectivity index (χ2v) is 7.60. The van der Waals surface area contributed by atoms with E-state index in [0.29, 0.717) is 17.9 Å². The number of likely N-dealkylation sites (N-methyl/N-ethyl adjacent to an activating group) is 1. The molecule has 0 atom stereocenters. The van der Waals surface area contributed by atoms with Gasteiger partial charge in [-0.25, -0.2) is 0 Å². The first kappa shape index (κ1) is 21.5. The van der Waals surface area contributed by atoms with E-state index in [4.69, 9.17) is 4.74 Å². The summed E-state index contributed by atoms with van der Waals surface area (Å²) in [7, 11) is 1.73. The lowest BCUT2D eigenvalue weighted by Crippen LogP contribution is -2.37. The number of thioether (sulfide) groups is 1. The van der Waals surface area contributed by atoms with E-state index in [0.717, 1.165) is 11.3 Å². The van der Waals surface area contributed by atoms with Crippen LogP contribution in [0.15, 0.2) is 83.8 Å². The molecule has 0 saturated carbocycles. The lowest BCUT2D eigenvalue weighted by Gasteiger charge is -2.18. The summed E-state index contributed by atoms with van der Waals surface area (Å²) in [5.74, 6) is 0.918. The first-order chi connectivity index (χ1) is 14.5. The van der Waals surface area contributed by atoms with Crippen LogP contribution in [0.1, 0.15) is 15.9 Å². The number of carbonyl (C=O) groups excluding carboxylic acids is 2. The molecule has 0 aliphatic rings. The summed E-state index contributed by atoms with van der Waals surface area (Å²) in [6.45, 7) is 0.440. The zero-order valence-corrected chi connectivity index (χ0v) is 17.8. The van der Waals surface area contributed by atoms with Crippen LogP contribution in [0, 0.1) is 0 Å². The first-order valence-electron chi connectivity index (χ1n) is 9.53. The van der Waals surface area contributed by atoms with Gasteiger partial charge in [0.25, 0.3) is 5.91 Å². The lowest BCUT2D eigenvalue weighted by molar-refractivity contribution is -0.129. The first-order valence-corrected chi connectivity index (χ1v) is 10.8. The third kappa shape index (κ3) is 6.12. The normalized spacial score (nSPS) is 10.3. The van der Waals surface area contributed by atoms with E-state index in [-0.39, 0.29) is 18.4 Å². The van der Waals surface area contributed by atoms with E-state index in [2.05, 4.69) is 5.32 Å². The lowest BCUT2D eigenvalue weighted by atomic mass is 10.2. The molecule has 3 aromatic carbocycles. The van der Waals surface area contributed by atoms with Crippen molar-refractivity contribution in [2.75, 3.05) is 19.8 Å². The van der Waals surface area contributed by atoms with Gasteiger partial charge in [-0.1, -0.05) is 30.3 Å². The summed E-state index contributed by atoms with van der Waals surface area (Å²) in [6.07, 6.45) is 2.02. The van der Waals surface area contributed by atoms with E-state index >= 15 is 0 Å². The molecule has 154 valence electrons. The molecule has 6 heteroatoms. The molecule has 2 amide bonds. The number of ether oxygens (including phenoxy) is 1. The van der Waals surface area contributed by atoms with Crippen LogP contribution in [0.3, 0.4) is 0 Å². The maximum absolute atomic E-state index is 12.4. The van der Waals surface area contributed by atoms with Crippen molar-refractivity contribution in [2.45, 2.75) is 11.4 Å². The topological polar surface area (TPSA) is 58.6 Å². The van der Waals surface area contributed by atoms with E-state index in [9.17, 15) is 9.59 Å². The Bertz CT molecular complexity index is 974. The highest BCUT2D eigenvalue weighted by atomic mass is 32.2. The molecular formula is C24H24N2O3S. The Morgan fingerprint density at radius 2 is 1.53 bits per heavy atom. The molecular weight excluding hydrogens is 396 g/mol. The van der Waals surface area contributed by atoms with Gasteiger partial charge in [-0.2, -0.15) is 0 Å². The molecule has 0 aliphatic heterocycles. The van der Waals surface area contributed by atoms with Gasteiger partial charge < -0.3 is 15.0 Å². The molecule has 1 N–H and O–H groups in total. The van der Waals surface area contributed by atoms with Crippen LogP contribution in [-0.2, 0) is 11.3 Å². The quantitative estimate of drug-likeness (QED) is 0.542. The maximum atomic E-state index is 12.4. The molecule has 0 radical (unpaired) electrons. The Kier molecular flexibility index (Phi) is 7.51. The third-order valence-electron chi connectivity index (χ3n) is 4.50. The van der Waals surface area contributed by atoms with Gasteiger partial charge in [0.1, 0.15) is 11.5 Å². The number of nitrogens with zero attached hydrogens (tertiary/aromatic N) is 1. The van der Waals surface area contributed by atoms with E-state index in [1.54, 1.807) is 48.0 Å². The standard InChI is InChI=1S/C24H24N2O3S/c1-26(17-18-8-14-22(30-2)15-9-18)23(27)16-25-24(28)19-10-12-21(13-11-19)29-20-6-4-3-5-7-20/h3-15H,16-17H2,1-2H3,(H,25,28). The molecule has 0 bridgehead atoms. The van der Waals surface area contributed by atoms with Crippen molar-refractivity contribution >= 4 is 23.6 Å². The molecule has 0 spiro atoms. The molecule has 0 unspecified atom stereocenters. The van der Waals surface area contributed by atoms with Gasteiger partial charge in [-0.3, -0.25) is 9.59 Å². The summed E-state index contributed by atoms with van der Waals surface area (Å²) in [5.41, 5.74) is 1.52. The van der Waals surface area contributed by atoms with Crippen LogP contribution in [0.2, 0.25) is 0 Å². The molecule has 0 aliphatic carbocycles. The SMILES string of the molecule is CSc1ccc(CN(C)C(=O)CNC(=O)c2ccc(Oc3ccccc3)cc2)cc1. The average Bonchev–Trinajstić information content (AvgIpc) is 2.79. The second kappa shape index (κ2) is 10.5. The minimum absolute atomic E-state index is 0.0551. The number of hydrogen-bond acceptors (Lipinski definition) is 4. The fourth-order valence-corrected chi connectivity index (χ4v) is 3.19. The van der Waals surface area contributed by atoms with Gasteiger partial charge >= 0.3 is 0 Å². The Morgan fingerprint density at radius 1 is 0.900 bits per heavy atom. The van der Waals surface area contributed by atoms with Crippen LogP contribution in [-0.4, -0.2) is 36.6 Å². The van der Waals surface area contributed by atoms with Crippen molar-refractivity contribution in [3.63, 3.8) is 0 Å². The van der Waals surface area contributed by atoms with Crippen molar-refractivity contribution < 1.29 is 14.3 Å². The summed E-state index contributed by atoms with van der Waals surface area (Å²) in [4.78, 5) is 27.5. The van der Waals surface area contributed by atoms with Crippen LogP contribution in [0.25, 0.3) is 0 Å². The molecule has 3 aromatic rings. The minimum atomic E-state index is -0.299. The summed E-state index contributed by atoms with van der Waals surface area (Å²) in [6, 6.07) is 24.3. The highest BCUT2D eigenvalue weighted by Gasteiger charge is 2.12. The van der Waals surface area contributed by atoms with E-state index in [1.165, 1.54) is 4.90 Å². The smallest absolute Gasteiger partial charge is 0.251 e. The van der Waals surface area contributed by atoms with E-state index in [1.807, 2.05) is 60.9 Å². The Labute approximate surface area is 181 Å². The average molecular weight is 421 g/mol. The zero-order valence-electron chi connectivity index (χ0n) is 17.0. The molecule has 3 rings (SSSR count). The molecule has 0 saturated heterocycles. The van der Waals surface area contributed by atoms with Crippen molar-refractivity contribution in [2.24, 2.45) is 0 Å². The van der Waals surface area contributed by atoms with Crippen LogP contribution >= 0.6 is 11.8 Å². The summed E-state index contributed by atoms with van der Waals surface area (Å²) < 4.78 is 5.72. The van der Waals surface area contributed by atoms with Gasteiger partial charge in [0, 0.05) is 24.1 Å². The summed E-state index contributed by atoms with van der Waals surface area (Å²) >= 11 is 1.68. The number of rotatable bonds is 8. The largest absolute Gasteiger partial charge is 0.457 e. The number of para-hydroxylation sites is 1.